The Hall–Kier alpha value is -2.59. The molecule has 142 valence electrons. The van der Waals surface area contributed by atoms with Gasteiger partial charge >= 0.3 is 0 Å². The number of benzene rings is 1. The van der Waals surface area contributed by atoms with E-state index in [9.17, 15) is 12.8 Å². The van der Waals surface area contributed by atoms with E-state index in [2.05, 4.69) is 19.8 Å². The SMILES string of the molecule is O=S(=O)(c1cnoc1)N1CCCC(Cc2nc(-c3ccccc3F)no2)C1. The second kappa shape index (κ2) is 7.20. The van der Waals surface area contributed by atoms with E-state index < -0.39 is 15.8 Å². The van der Waals surface area contributed by atoms with Gasteiger partial charge in [0.25, 0.3) is 0 Å². The maximum absolute atomic E-state index is 13.9. The Morgan fingerprint density at radius 1 is 1.30 bits per heavy atom. The molecule has 10 heteroatoms. The molecule has 27 heavy (non-hydrogen) atoms. The minimum absolute atomic E-state index is 0.0299. The highest BCUT2D eigenvalue weighted by Crippen LogP contribution is 2.26. The standard InChI is InChI=1S/C17H17FN4O4S/c18-15-6-2-1-5-14(15)17-20-16(26-21-17)8-12-4-3-7-22(10-12)27(23,24)13-9-19-25-11-13/h1-2,5-6,9,11-12H,3-4,7-8,10H2. The first-order chi connectivity index (χ1) is 13.0. The normalized spacial score (nSPS) is 18.6. The number of hydrogen-bond acceptors (Lipinski definition) is 7. The molecule has 1 unspecified atom stereocenters. The van der Waals surface area contributed by atoms with Crippen LogP contribution in [-0.4, -0.2) is 41.1 Å². The average molecular weight is 392 g/mol. The highest BCUT2D eigenvalue weighted by molar-refractivity contribution is 7.89. The Labute approximate surface area is 155 Å². The second-order valence-electron chi connectivity index (χ2n) is 6.43. The van der Waals surface area contributed by atoms with Crippen LogP contribution in [-0.2, 0) is 16.4 Å². The molecular weight excluding hydrogens is 375 g/mol. The third-order valence-electron chi connectivity index (χ3n) is 4.58. The van der Waals surface area contributed by atoms with E-state index in [1.165, 1.54) is 16.6 Å². The molecule has 0 saturated carbocycles. The molecule has 1 aromatic carbocycles. The summed E-state index contributed by atoms with van der Waals surface area (Å²) in [6.45, 7) is 0.777. The van der Waals surface area contributed by atoms with Gasteiger partial charge in [0.1, 0.15) is 17.0 Å². The van der Waals surface area contributed by atoms with Gasteiger partial charge in [0.05, 0.1) is 11.8 Å². The van der Waals surface area contributed by atoms with Gasteiger partial charge in [-0.15, -0.1) is 0 Å². The Morgan fingerprint density at radius 2 is 2.15 bits per heavy atom. The molecule has 1 fully saturated rings. The molecule has 1 aliphatic rings. The molecular formula is C17H17FN4O4S. The van der Waals surface area contributed by atoms with Crippen molar-refractivity contribution in [1.82, 2.24) is 19.6 Å². The summed E-state index contributed by atoms with van der Waals surface area (Å²) in [5.74, 6) is 0.158. The van der Waals surface area contributed by atoms with Crippen LogP contribution in [0.5, 0.6) is 0 Å². The molecule has 8 nitrogen and oxygen atoms in total. The van der Waals surface area contributed by atoms with Gasteiger partial charge in [0.15, 0.2) is 0 Å². The van der Waals surface area contributed by atoms with Crippen LogP contribution in [0.1, 0.15) is 18.7 Å². The smallest absolute Gasteiger partial charge is 0.247 e. The van der Waals surface area contributed by atoms with Crippen molar-refractivity contribution < 1.29 is 21.9 Å². The lowest BCUT2D eigenvalue weighted by Gasteiger charge is -2.30. The van der Waals surface area contributed by atoms with Gasteiger partial charge in [-0.1, -0.05) is 22.4 Å². The van der Waals surface area contributed by atoms with Gasteiger partial charge in [-0.3, -0.25) is 0 Å². The van der Waals surface area contributed by atoms with Crippen LogP contribution in [0.4, 0.5) is 4.39 Å². The largest absolute Gasteiger partial charge is 0.363 e. The summed E-state index contributed by atoms with van der Waals surface area (Å²) in [4.78, 5) is 4.31. The lowest BCUT2D eigenvalue weighted by molar-refractivity contribution is 0.247. The summed E-state index contributed by atoms with van der Waals surface area (Å²) >= 11 is 0. The van der Waals surface area contributed by atoms with Crippen LogP contribution in [0, 0.1) is 11.7 Å². The average Bonchev–Trinajstić information content (AvgIpc) is 3.35. The summed E-state index contributed by atoms with van der Waals surface area (Å²) in [5.41, 5.74) is 0.271. The molecule has 1 atom stereocenters. The van der Waals surface area contributed by atoms with Crippen LogP contribution in [0.25, 0.3) is 11.4 Å². The van der Waals surface area contributed by atoms with E-state index in [1.807, 2.05) is 0 Å². The van der Waals surface area contributed by atoms with Gasteiger partial charge in [-0.05, 0) is 30.9 Å². The van der Waals surface area contributed by atoms with E-state index in [-0.39, 0.29) is 22.2 Å². The maximum Gasteiger partial charge on any atom is 0.247 e. The first-order valence-corrected chi connectivity index (χ1v) is 9.95. The highest BCUT2D eigenvalue weighted by atomic mass is 32.2. The van der Waals surface area contributed by atoms with Crippen molar-refractivity contribution in [2.75, 3.05) is 13.1 Å². The number of aromatic nitrogens is 3. The molecule has 0 amide bonds. The first kappa shape index (κ1) is 17.8. The zero-order valence-electron chi connectivity index (χ0n) is 14.3. The molecule has 3 heterocycles. The van der Waals surface area contributed by atoms with Crippen molar-refractivity contribution in [3.8, 4) is 11.4 Å². The highest BCUT2D eigenvalue weighted by Gasteiger charge is 2.32. The van der Waals surface area contributed by atoms with E-state index in [0.29, 0.717) is 25.4 Å². The molecule has 2 aromatic heterocycles. The molecule has 3 aromatic rings. The Balaban J connectivity index is 1.47. The quantitative estimate of drug-likeness (QED) is 0.657. The van der Waals surface area contributed by atoms with Gasteiger partial charge in [-0.2, -0.15) is 9.29 Å². The van der Waals surface area contributed by atoms with Crippen LogP contribution < -0.4 is 0 Å². The number of rotatable bonds is 5. The number of hydrogen-bond donors (Lipinski definition) is 0. The number of halogens is 1. The van der Waals surface area contributed by atoms with Crippen LogP contribution in [0.2, 0.25) is 0 Å². The van der Waals surface area contributed by atoms with Crippen molar-refractivity contribution in [2.45, 2.75) is 24.2 Å². The van der Waals surface area contributed by atoms with E-state index in [0.717, 1.165) is 19.1 Å². The predicted molar refractivity (Wildman–Crippen MR) is 91.4 cm³/mol. The van der Waals surface area contributed by atoms with Crippen molar-refractivity contribution >= 4 is 10.0 Å². The first-order valence-electron chi connectivity index (χ1n) is 8.51. The van der Waals surface area contributed by atoms with Crippen molar-refractivity contribution in [1.29, 1.82) is 0 Å². The third-order valence-corrected chi connectivity index (χ3v) is 6.38. The predicted octanol–water partition coefficient (Wildman–Crippen LogP) is 2.51. The lowest BCUT2D eigenvalue weighted by atomic mass is 9.96. The molecule has 0 aliphatic carbocycles. The van der Waals surface area contributed by atoms with E-state index >= 15 is 0 Å². The van der Waals surface area contributed by atoms with Crippen molar-refractivity contribution in [3.05, 3.63) is 48.4 Å². The summed E-state index contributed by atoms with van der Waals surface area (Å²) in [6.07, 6.45) is 4.31. The summed E-state index contributed by atoms with van der Waals surface area (Å²) in [7, 11) is -3.63. The van der Waals surface area contributed by atoms with Crippen molar-refractivity contribution in [2.24, 2.45) is 5.92 Å². The second-order valence-corrected chi connectivity index (χ2v) is 8.37. The third kappa shape index (κ3) is 3.62. The number of piperidine rings is 1. The van der Waals surface area contributed by atoms with Gasteiger partial charge in [-0.25, -0.2) is 12.8 Å². The summed E-state index contributed by atoms with van der Waals surface area (Å²) in [6, 6.07) is 6.20. The molecule has 4 rings (SSSR count). The Bertz CT molecular complexity index is 1020. The fraction of sp³-hybridized carbons (Fsp3) is 0.353. The number of sulfonamides is 1. The fourth-order valence-corrected chi connectivity index (χ4v) is 4.64. The lowest BCUT2D eigenvalue weighted by Crippen LogP contribution is -2.40. The fourth-order valence-electron chi connectivity index (χ4n) is 3.22. The minimum Gasteiger partial charge on any atom is -0.363 e. The van der Waals surface area contributed by atoms with Gasteiger partial charge in [0, 0.05) is 19.5 Å². The molecule has 0 radical (unpaired) electrons. The minimum atomic E-state index is -3.63. The number of nitrogens with zero attached hydrogens (tertiary/aromatic N) is 4. The molecule has 1 aliphatic heterocycles. The molecule has 1 saturated heterocycles. The van der Waals surface area contributed by atoms with E-state index in [4.69, 9.17) is 4.52 Å². The zero-order chi connectivity index (χ0) is 18.9. The molecule has 0 bridgehead atoms. The van der Waals surface area contributed by atoms with Gasteiger partial charge < -0.3 is 9.05 Å². The molecule has 0 N–H and O–H groups in total. The Kier molecular flexibility index (Phi) is 4.75. The van der Waals surface area contributed by atoms with Crippen LogP contribution in [0.15, 0.2) is 50.7 Å². The van der Waals surface area contributed by atoms with Crippen LogP contribution in [0.3, 0.4) is 0 Å². The van der Waals surface area contributed by atoms with Crippen molar-refractivity contribution in [3.63, 3.8) is 0 Å². The zero-order valence-corrected chi connectivity index (χ0v) is 15.1. The van der Waals surface area contributed by atoms with E-state index in [1.54, 1.807) is 18.2 Å². The monoisotopic (exact) mass is 392 g/mol. The van der Waals surface area contributed by atoms with Gasteiger partial charge in [0.2, 0.25) is 21.7 Å². The molecule has 0 spiro atoms. The topological polar surface area (TPSA) is 102 Å². The summed E-state index contributed by atoms with van der Waals surface area (Å²) < 4.78 is 50.4. The maximum atomic E-state index is 13.9. The van der Waals surface area contributed by atoms with Crippen LogP contribution >= 0.6 is 0 Å². The summed E-state index contributed by atoms with van der Waals surface area (Å²) in [5, 5.41) is 7.31. The Morgan fingerprint density at radius 3 is 2.93 bits per heavy atom.